The van der Waals surface area contributed by atoms with Crippen LogP contribution in [0, 0.1) is 0 Å². The fourth-order valence-corrected chi connectivity index (χ4v) is 5.84. The number of rotatable bonds is 5. The number of urea groups is 1. The molecule has 0 aromatic heterocycles. The van der Waals surface area contributed by atoms with Gasteiger partial charge in [-0.2, -0.15) is 0 Å². The molecule has 0 spiro atoms. The molecule has 2 aliphatic rings. The molecule has 2 aliphatic heterocycles. The summed E-state index contributed by atoms with van der Waals surface area (Å²) in [6.07, 6.45) is 0. The number of hydrogen-bond donors (Lipinski definition) is 0. The molecule has 0 saturated carbocycles. The molecule has 148 valence electrons. The number of sulfone groups is 1. The van der Waals surface area contributed by atoms with E-state index in [1.54, 1.807) is 65.4 Å². The summed E-state index contributed by atoms with van der Waals surface area (Å²) in [5.74, 6) is 1.31. The summed E-state index contributed by atoms with van der Waals surface area (Å²) in [6, 6.07) is 13.2. The molecule has 2 aromatic carbocycles. The van der Waals surface area contributed by atoms with Crippen molar-refractivity contribution in [1.82, 2.24) is 0 Å². The molecule has 2 heterocycles. The Bertz CT molecular complexity index is 973. The van der Waals surface area contributed by atoms with Gasteiger partial charge in [0, 0.05) is 11.4 Å². The van der Waals surface area contributed by atoms with E-state index in [1.807, 2.05) is 6.92 Å². The molecule has 2 atom stereocenters. The second-order valence-electron chi connectivity index (χ2n) is 6.86. The Balaban J connectivity index is 1.71. The van der Waals surface area contributed by atoms with Crippen molar-refractivity contribution < 1.29 is 22.7 Å². The lowest BCUT2D eigenvalue weighted by atomic mass is 10.1. The molecule has 2 aromatic rings. The van der Waals surface area contributed by atoms with Crippen molar-refractivity contribution in [2.24, 2.45) is 0 Å². The summed E-state index contributed by atoms with van der Waals surface area (Å²) >= 11 is 0. The molecule has 28 heavy (non-hydrogen) atoms. The Hall–Kier alpha value is -2.74. The molecule has 0 unspecified atom stereocenters. The first-order valence-corrected chi connectivity index (χ1v) is 11.0. The summed E-state index contributed by atoms with van der Waals surface area (Å²) in [6.45, 7) is 2.45. The zero-order valence-corrected chi connectivity index (χ0v) is 16.6. The quantitative estimate of drug-likeness (QED) is 0.719. The van der Waals surface area contributed by atoms with E-state index in [-0.39, 0.29) is 17.5 Å². The highest BCUT2D eigenvalue weighted by molar-refractivity contribution is 7.91. The molecule has 2 saturated heterocycles. The summed E-state index contributed by atoms with van der Waals surface area (Å²) in [4.78, 5) is 16.5. The summed E-state index contributed by atoms with van der Waals surface area (Å²) in [5.41, 5.74) is 1.32. The Morgan fingerprint density at radius 1 is 0.893 bits per heavy atom. The third-order valence-corrected chi connectivity index (χ3v) is 6.84. The van der Waals surface area contributed by atoms with Crippen LogP contribution in [0.1, 0.15) is 6.92 Å². The Kier molecular flexibility index (Phi) is 4.66. The van der Waals surface area contributed by atoms with Crippen molar-refractivity contribution >= 4 is 27.2 Å². The van der Waals surface area contributed by atoms with Crippen LogP contribution in [0.15, 0.2) is 48.5 Å². The minimum atomic E-state index is -3.23. The van der Waals surface area contributed by atoms with E-state index in [4.69, 9.17) is 9.47 Å². The lowest BCUT2D eigenvalue weighted by Crippen LogP contribution is -2.37. The van der Waals surface area contributed by atoms with Gasteiger partial charge in [-0.1, -0.05) is 0 Å². The second-order valence-corrected chi connectivity index (χ2v) is 9.01. The number of fused-ring (bicyclic) bond motifs is 1. The van der Waals surface area contributed by atoms with Gasteiger partial charge >= 0.3 is 6.03 Å². The first-order chi connectivity index (χ1) is 13.4. The van der Waals surface area contributed by atoms with Gasteiger partial charge in [0.05, 0.1) is 37.3 Å². The molecule has 0 bridgehead atoms. The smallest absolute Gasteiger partial charge is 0.329 e. The van der Waals surface area contributed by atoms with E-state index >= 15 is 0 Å². The topological polar surface area (TPSA) is 76.2 Å². The summed E-state index contributed by atoms with van der Waals surface area (Å²) < 4.78 is 35.3. The SMILES string of the molecule is CCOc1ccc(N2C(=O)N(c3ccc(OC)cc3)[C@@H]3CS(=O)(=O)C[C@@H]32)cc1. The molecular weight excluding hydrogens is 380 g/mol. The molecule has 2 amide bonds. The largest absolute Gasteiger partial charge is 0.497 e. The highest BCUT2D eigenvalue weighted by Crippen LogP contribution is 2.38. The van der Waals surface area contributed by atoms with Crippen molar-refractivity contribution in [3.8, 4) is 11.5 Å². The number of hydrogen-bond acceptors (Lipinski definition) is 5. The van der Waals surface area contributed by atoms with Crippen molar-refractivity contribution in [3.05, 3.63) is 48.5 Å². The van der Waals surface area contributed by atoms with E-state index in [0.717, 1.165) is 0 Å². The maximum atomic E-state index is 13.3. The number of amides is 2. The minimum Gasteiger partial charge on any atom is -0.497 e. The molecule has 7 nitrogen and oxygen atoms in total. The van der Waals surface area contributed by atoms with Gasteiger partial charge in [-0.05, 0) is 55.5 Å². The van der Waals surface area contributed by atoms with Crippen LogP contribution >= 0.6 is 0 Å². The number of nitrogens with zero attached hydrogens (tertiary/aromatic N) is 2. The van der Waals surface area contributed by atoms with Gasteiger partial charge in [0.1, 0.15) is 11.5 Å². The fourth-order valence-electron chi connectivity index (χ4n) is 3.92. The van der Waals surface area contributed by atoms with E-state index in [0.29, 0.717) is 29.5 Å². The van der Waals surface area contributed by atoms with Crippen LogP contribution in [0.25, 0.3) is 0 Å². The molecule has 0 N–H and O–H groups in total. The van der Waals surface area contributed by atoms with Crippen LogP contribution in [-0.2, 0) is 9.84 Å². The Labute approximate surface area is 164 Å². The van der Waals surface area contributed by atoms with Crippen LogP contribution in [0.5, 0.6) is 11.5 Å². The van der Waals surface area contributed by atoms with Crippen LogP contribution < -0.4 is 19.3 Å². The van der Waals surface area contributed by atoms with Crippen LogP contribution in [-0.4, -0.2) is 51.8 Å². The third-order valence-electron chi connectivity index (χ3n) is 5.15. The van der Waals surface area contributed by atoms with Crippen LogP contribution in [0.4, 0.5) is 16.2 Å². The van der Waals surface area contributed by atoms with Gasteiger partial charge in [-0.3, -0.25) is 9.80 Å². The molecule has 0 radical (unpaired) electrons. The van der Waals surface area contributed by atoms with Gasteiger partial charge in [0.2, 0.25) is 0 Å². The first kappa shape index (κ1) is 18.6. The predicted octanol–water partition coefficient (Wildman–Crippen LogP) is 2.71. The van der Waals surface area contributed by atoms with Crippen LogP contribution in [0.2, 0.25) is 0 Å². The van der Waals surface area contributed by atoms with E-state index in [1.165, 1.54) is 0 Å². The van der Waals surface area contributed by atoms with Crippen molar-refractivity contribution in [2.45, 2.75) is 19.0 Å². The standard InChI is InChI=1S/C20H22N2O5S/c1-3-27-17-10-6-15(7-11-17)22-19-13-28(24,25)12-18(19)21(20(22)23)14-4-8-16(26-2)9-5-14/h4-11,18-19H,3,12-13H2,1-2H3/t18-,19+/m1/s1. The second kappa shape index (κ2) is 7.01. The highest BCUT2D eigenvalue weighted by atomic mass is 32.2. The number of anilines is 2. The number of methoxy groups -OCH3 is 1. The van der Waals surface area contributed by atoms with E-state index in [9.17, 15) is 13.2 Å². The summed E-state index contributed by atoms with van der Waals surface area (Å²) in [7, 11) is -1.65. The highest BCUT2D eigenvalue weighted by Gasteiger charge is 2.54. The molecule has 4 rings (SSSR count). The zero-order chi connectivity index (χ0) is 19.9. The molecular formula is C20H22N2O5S. The number of carbonyl (C=O) groups is 1. The van der Waals surface area contributed by atoms with Crippen molar-refractivity contribution in [3.63, 3.8) is 0 Å². The average Bonchev–Trinajstić information content (AvgIpc) is 3.11. The first-order valence-electron chi connectivity index (χ1n) is 9.13. The Morgan fingerprint density at radius 2 is 1.36 bits per heavy atom. The monoisotopic (exact) mass is 402 g/mol. The number of ether oxygens (including phenoxy) is 2. The molecule has 0 aliphatic carbocycles. The van der Waals surface area contributed by atoms with Gasteiger partial charge in [-0.25, -0.2) is 13.2 Å². The minimum absolute atomic E-state index is 0.0384. The lowest BCUT2D eigenvalue weighted by Gasteiger charge is -2.23. The molecule has 2 fully saturated rings. The van der Waals surface area contributed by atoms with Gasteiger partial charge in [-0.15, -0.1) is 0 Å². The number of carbonyl (C=O) groups excluding carboxylic acids is 1. The van der Waals surface area contributed by atoms with Crippen LogP contribution in [0.3, 0.4) is 0 Å². The van der Waals surface area contributed by atoms with E-state index < -0.39 is 21.9 Å². The fraction of sp³-hybridized carbons (Fsp3) is 0.350. The predicted molar refractivity (Wildman–Crippen MR) is 107 cm³/mol. The Morgan fingerprint density at radius 3 is 1.79 bits per heavy atom. The third kappa shape index (κ3) is 3.17. The van der Waals surface area contributed by atoms with Gasteiger partial charge in [0.15, 0.2) is 9.84 Å². The zero-order valence-electron chi connectivity index (χ0n) is 15.7. The molecule has 8 heteroatoms. The van der Waals surface area contributed by atoms with Gasteiger partial charge in [0.25, 0.3) is 0 Å². The van der Waals surface area contributed by atoms with Crippen molar-refractivity contribution in [2.75, 3.05) is 35.0 Å². The number of benzene rings is 2. The van der Waals surface area contributed by atoms with E-state index in [2.05, 4.69) is 0 Å². The maximum absolute atomic E-state index is 13.3. The average molecular weight is 402 g/mol. The van der Waals surface area contributed by atoms with Gasteiger partial charge < -0.3 is 9.47 Å². The summed E-state index contributed by atoms with van der Waals surface area (Å²) in [5, 5.41) is 0. The lowest BCUT2D eigenvalue weighted by molar-refractivity contribution is 0.255. The maximum Gasteiger partial charge on any atom is 0.329 e. The van der Waals surface area contributed by atoms with Crippen molar-refractivity contribution in [1.29, 1.82) is 0 Å². The normalized spacial score (nSPS) is 23.0.